The quantitative estimate of drug-likeness (QED) is 0.833. The smallest absolute Gasteiger partial charge is 0.264 e. The second-order valence-electron chi connectivity index (χ2n) is 7.60. The largest absolute Gasteiger partial charge is 0.494 e. The highest BCUT2D eigenvalue weighted by atomic mass is 32.1. The Balaban J connectivity index is 1.78. The van der Waals surface area contributed by atoms with Crippen LogP contribution in [0.3, 0.4) is 0 Å². The van der Waals surface area contributed by atoms with Crippen LogP contribution in [-0.4, -0.2) is 34.7 Å². The van der Waals surface area contributed by atoms with Crippen LogP contribution in [0.5, 0.6) is 5.75 Å². The first kappa shape index (κ1) is 18.5. The molecule has 1 amide bonds. The third-order valence-electron chi connectivity index (χ3n) is 6.10. The molecule has 0 radical (unpaired) electrons. The molecule has 1 saturated heterocycles. The zero-order valence-corrected chi connectivity index (χ0v) is 16.6. The minimum Gasteiger partial charge on any atom is -0.494 e. The summed E-state index contributed by atoms with van der Waals surface area (Å²) in [6, 6.07) is 11.7. The number of rotatable bonds is 4. The van der Waals surface area contributed by atoms with Crippen molar-refractivity contribution in [2.75, 3.05) is 13.2 Å². The molecule has 1 N–H and O–H groups in total. The lowest BCUT2D eigenvalue weighted by atomic mass is 9.66. The topological polar surface area (TPSA) is 49.8 Å². The van der Waals surface area contributed by atoms with E-state index in [-0.39, 0.29) is 17.9 Å². The van der Waals surface area contributed by atoms with Gasteiger partial charge >= 0.3 is 0 Å². The van der Waals surface area contributed by atoms with Crippen molar-refractivity contribution in [3.05, 3.63) is 52.2 Å². The van der Waals surface area contributed by atoms with Gasteiger partial charge in [-0.2, -0.15) is 0 Å². The van der Waals surface area contributed by atoms with Gasteiger partial charge in [0.1, 0.15) is 5.75 Å². The van der Waals surface area contributed by atoms with E-state index in [0.29, 0.717) is 19.6 Å². The van der Waals surface area contributed by atoms with Gasteiger partial charge in [-0.15, -0.1) is 11.3 Å². The van der Waals surface area contributed by atoms with Crippen LogP contribution in [0.2, 0.25) is 0 Å². The maximum Gasteiger partial charge on any atom is 0.264 e. The molecule has 1 aromatic carbocycles. The number of para-hydroxylation sites is 1. The molecule has 4 nitrogen and oxygen atoms in total. The van der Waals surface area contributed by atoms with E-state index in [0.717, 1.165) is 41.9 Å². The lowest BCUT2D eigenvalue weighted by Gasteiger charge is -2.52. The van der Waals surface area contributed by atoms with Gasteiger partial charge in [-0.05, 0) is 43.7 Å². The van der Waals surface area contributed by atoms with E-state index in [1.165, 1.54) is 11.3 Å². The number of thiophene rings is 1. The third-order valence-corrected chi connectivity index (χ3v) is 6.96. The number of amides is 1. The summed E-state index contributed by atoms with van der Waals surface area (Å²) in [4.78, 5) is 16.0. The Bertz CT molecular complexity index is 791. The Morgan fingerprint density at radius 2 is 2.11 bits per heavy atom. The van der Waals surface area contributed by atoms with Crippen LogP contribution in [0.15, 0.2) is 41.8 Å². The predicted octanol–water partition coefficient (Wildman–Crippen LogP) is 4.66. The summed E-state index contributed by atoms with van der Waals surface area (Å²) >= 11 is 1.48. The molecule has 2 heterocycles. The number of piperidine rings is 1. The van der Waals surface area contributed by atoms with Crippen molar-refractivity contribution in [1.82, 2.24) is 4.90 Å². The summed E-state index contributed by atoms with van der Waals surface area (Å²) in [5, 5.41) is 13.3. The fourth-order valence-corrected chi connectivity index (χ4v) is 5.53. The molecular weight excluding hydrogens is 358 g/mol. The number of hydrogen-bond acceptors (Lipinski definition) is 4. The number of benzene rings is 1. The van der Waals surface area contributed by atoms with E-state index in [4.69, 9.17) is 4.74 Å². The number of aliphatic hydroxyl groups is 1. The van der Waals surface area contributed by atoms with Crippen molar-refractivity contribution in [2.24, 2.45) is 5.92 Å². The monoisotopic (exact) mass is 385 g/mol. The van der Waals surface area contributed by atoms with E-state index in [9.17, 15) is 9.90 Å². The number of carbonyl (C=O) groups is 1. The first-order valence-electron chi connectivity index (χ1n) is 9.92. The highest BCUT2D eigenvalue weighted by Crippen LogP contribution is 2.51. The maximum absolute atomic E-state index is 13.3. The summed E-state index contributed by atoms with van der Waals surface area (Å²) in [7, 11) is 0. The fourth-order valence-electron chi connectivity index (χ4n) is 4.85. The van der Waals surface area contributed by atoms with E-state index in [1.807, 2.05) is 47.5 Å². The molecule has 2 aromatic rings. The Kier molecular flexibility index (Phi) is 5.24. The Hall–Kier alpha value is -1.85. The molecule has 1 saturated carbocycles. The van der Waals surface area contributed by atoms with Crippen LogP contribution >= 0.6 is 11.3 Å². The van der Waals surface area contributed by atoms with Crippen LogP contribution < -0.4 is 4.74 Å². The van der Waals surface area contributed by atoms with Gasteiger partial charge in [0.2, 0.25) is 0 Å². The van der Waals surface area contributed by atoms with Crippen LogP contribution in [0.1, 0.15) is 60.3 Å². The van der Waals surface area contributed by atoms with Gasteiger partial charge in [-0.1, -0.05) is 37.1 Å². The van der Waals surface area contributed by atoms with Crippen LogP contribution in [0.4, 0.5) is 0 Å². The second kappa shape index (κ2) is 7.64. The average molecular weight is 386 g/mol. The molecule has 1 aromatic heterocycles. The number of fused-ring (bicyclic) bond motifs is 1. The Labute approximate surface area is 164 Å². The van der Waals surface area contributed by atoms with Crippen LogP contribution in [0.25, 0.3) is 0 Å². The van der Waals surface area contributed by atoms with Crippen molar-refractivity contribution < 1.29 is 14.6 Å². The zero-order valence-electron chi connectivity index (χ0n) is 15.8. The van der Waals surface area contributed by atoms with Gasteiger partial charge in [0.15, 0.2) is 0 Å². The Morgan fingerprint density at radius 3 is 2.89 bits per heavy atom. The molecule has 5 heteroatoms. The number of nitrogens with zero attached hydrogens (tertiary/aromatic N) is 1. The standard InChI is InChI=1S/C22H27NO3S/c1-2-26-18-10-4-3-8-16(18)20-17-9-5-6-12-22(17,25)13-14-23(20)21(24)19-11-7-15-27-19/h3-4,7-8,10-11,15,17,20,25H,2,5-6,9,12-14H2,1H3/t17-,20-,22+/m1/s1. The molecule has 1 aliphatic carbocycles. The summed E-state index contributed by atoms with van der Waals surface area (Å²) in [6.45, 7) is 3.13. The highest BCUT2D eigenvalue weighted by molar-refractivity contribution is 7.12. The first-order valence-corrected chi connectivity index (χ1v) is 10.8. The molecule has 2 fully saturated rings. The molecule has 2 aliphatic rings. The van der Waals surface area contributed by atoms with Gasteiger partial charge < -0.3 is 14.7 Å². The zero-order chi connectivity index (χ0) is 18.9. The first-order chi connectivity index (χ1) is 13.1. The van der Waals surface area contributed by atoms with Gasteiger partial charge in [-0.25, -0.2) is 0 Å². The van der Waals surface area contributed by atoms with E-state index >= 15 is 0 Å². The van der Waals surface area contributed by atoms with Crippen LogP contribution in [0, 0.1) is 5.92 Å². The van der Waals surface area contributed by atoms with Crippen molar-refractivity contribution in [3.8, 4) is 5.75 Å². The van der Waals surface area contributed by atoms with Gasteiger partial charge in [0.05, 0.1) is 23.1 Å². The molecule has 1 aliphatic heterocycles. The molecular formula is C22H27NO3S. The lowest BCUT2D eigenvalue weighted by Crippen LogP contribution is -2.56. The highest BCUT2D eigenvalue weighted by Gasteiger charge is 2.51. The van der Waals surface area contributed by atoms with Crippen LogP contribution in [-0.2, 0) is 0 Å². The predicted molar refractivity (Wildman–Crippen MR) is 107 cm³/mol. The summed E-state index contributed by atoms with van der Waals surface area (Å²) in [5.74, 6) is 0.934. The molecule has 3 atom stereocenters. The molecule has 4 rings (SSSR count). The number of likely N-dealkylation sites (tertiary alicyclic amines) is 1. The van der Waals surface area contributed by atoms with Crippen molar-refractivity contribution in [1.29, 1.82) is 0 Å². The lowest BCUT2D eigenvalue weighted by molar-refractivity contribution is -0.115. The molecule has 144 valence electrons. The van der Waals surface area contributed by atoms with Crippen molar-refractivity contribution >= 4 is 17.2 Å². The SMILES string of the molecule is CCOc1ccccc1[C@@H]1[C@H]2CCCC[C@]2(O)CCN1C(=O)c1cccs1. The van der Waals surface area contributed by atoms with Gasteiger partial charge in [0.25, 0.3) is 5.91 Å². The number of ether oxygens (including phenoxy) is 1. The fraction of sp³-hybridized carbons (Fsp3) is 0.500. The molecule has 0 bridgehead atoms. The summed E-state index contributed by atoms with van der Waals surface area (Å²) < 4.78 is 5.90. The average Bonchev–Trinajstić information content (AvgIpc) is 3.22. The maximum atomic E-state index is 13.3. The van der Waals surface area contributed by atoms with Gasteiger partial charge in [-0.3, -0.25) is 4.79 Å². The number of carbonyl (C=O) groups excluding carboxylic acids is 1. The molecule has 0 unspecified atom stereocenters. The van der Waals surface area contributed by atoms with E-state index < -0.39 is 5.60 Å². The van der Waals surface area contributed by atoms with Crippen molar-refractivity contribution in [2.45, 2.75) is 50.7 Å². The number of hydrogen-bond donors (Lipinski definition) is 1. The van der Waals surface area contributed by atoms with Crippen molar-refractivity contribution in [3.63, 3.8) is 0 Å². The van der Waals surface area contributed by atoms with Gasteiger partial charge in [0, 0.05) is 18.0 Å². The third kappa shape index (κ3) is 3.39. The second-order valence-corrected chi connectivity index (χ2v) is 8.55. The Morgan fingerprint density at radius 1 is 1.26 bits per heavy atom. The molecule has 27 heavy (non-hydrogen) atoms. The van der Waals surface area contributed by atoms with E-state index in [1.54, 1.807) is 0 Å². The summed E-state index contributed by atoms with van der Waals surface area (Å²) in [5.41, 5.74) is 0.336. The van der Waals surface area contributed by atoms with E-state index in [2.05, 4.69) is 6.07 Å². The summed E-state index contributed by atoms with van der Waals surface area (Å²) in [6.07, 6.45) is 4.58. The molecule has 0 spiro atoms. The minimum atomic E-state index is -0.686. The normalized spacial score (nSPS) is 27.9. The minimum absolute atomic E-state index is 0.0468.